The third kappa shape index (κ3) is 3.24. The second-order valence-corrected chi connectivity index (χ2v) is 6.75. The molecule has 3 heteroatoms. The van der Waals surface area contributed by atoms with Gasteiger partial charge in [0.2, 0.25) is 0 Å². The summed E-state index contributed by atoms with van der Waals surface area (Å²) in [6, 6.07) is 26.9. The van der Waals surface area contributed by atoms with Crippen molar-refractivity contribution in [3.8, 4) is 17.0 Å². The lowest BCUT2D eigenvalue weighted by Crippen LogP contribution is -1.91. The van der Waals surface area contributed by atoms with E-state index < -0.39 is 0 Å². The molecule has 0 spiro atoms. The highest BCUT2D eigenvalue weighted by atomic mass is 32.2. The van der Waals surface area contributed by atoms with Gasteiger partial charge in [0, 0.05) is 26.9 Å². The van der Waals surface area contributed by atoms with Crippen molar-refractivity contribution in [1.82, 2.24) is 4.98 Å². The van der Waals surface area contributed by atoms with E-state index in [-0.39, 0.29) is 0 Å². The van der Waals surface area contributed by atoms with Crippen molar-refractivity contribution in [2.75, 3.05) is 7.11 Å². The monoisotopic (exact) mass is 343 g/mol. The van der Waals surface area contributed by atoms with Crippen molar-refractivity contribution in [1.29, 1.82) is 0 Å². The van der Waals surface area contributed by atoms with E-state index in [4.69, 9.17) is 9.72 Å². The zero-order valence-electron chi connectivity index (χ0n) is 13.8. The molecule has 0 aliphatic carbocycles. The topological polar surface area (TPSA) is 22.1 Å². The molecule has 0 aliphatic heterocycles. The molecule has 25 heavy (non-hydrogen) atoms. The van der Waals surface area contributed by atoms with Crippen LogP contribution in [0.15, 0.2) is 94.9 Å². The molecule has 2 nitrogen and oxygen atoms in total. The van der Waals surface area contributed by atoms with Gasteiger partial charge in [0.15, 0.2) is 0 Å². The third-order valence-corrected chi connectivity index (χ3v) is 5.19. The Morgan fingerprint density at radius 2 is 1.56 bits per heavy atom. The Labute approximate surface area is 151 Å². The number of ether oxygens (including phenoxy) is 1. The molecule has 0 bridgehead atoms. The van der Waals surface area contributed by atoms with E-state index in [2.05, 4.69) is 42.5 Å². The number of benzene rings is 3. The minimum atomic E-state index is 0.845. The zero-order chi connectivity index (χ0) is 17.1. The molecule has 0 radical (unpaired) electrons. The van der Waals surface area contributed by atoms with Crippen LogP contribution in [0, 0.1) is 0 Å². The second kappa shape index (κ2) is 6.99. The van der Waals surface area contributed by atoms with E-state index in [1.807, 2.05) is 42.6 Å². The highest BCUT2D eigenvalue weighted by Crippen LogP contribution is 2.40. The number of nitrogens with zero attached hydrogens (tertiary/aromatic N) is 1. The van der Waals surface area contributed by atoms with E-state index >= 15 is 0 Å². The van der Waals surface area contributed by atoms with Crippen molar-refractivity contribution in [3.05, 3.63) is 85.1 Å². The molecule has 0 saturated carbocycles. The molecule has 0 aliphatic rings. The number of pyridine rings is 1. The van der Waals surface area contributed by atoms with Gasteiger partial charge in [-0.3, -0.25) is 4.98 Å². The lowest BCUT2D eigenvalue weighted by atomic mass is 10.1. The lowest BCUT2D eigenvalue weighted by molar-refractivity contribution is 0.415. The van der Waals surface area contributed by atoms with Gasteiger partial charge >= 0.3 is 0 Å². The Morgan fingerprint density at radius 3 is 2.28 bits per heavy atom. The predicted molar refractivity (Wildman–Crippen MR) is 104 cm³/mol. The van der Waals surface area contributed by atoms with Crippen molar-refractivity contribution >= 4 is 22.5 Å². The molecule has 0 fully saturated rings. The highest BCUT2D eigenvalue weighted by Gasteiger charge is 2.13. The summed E-state index contributed by atoms with van der Waals surface area (Å²) in [6.45, 7) is 0. The van der Waals surface area contributed by atoms with Crippen molar-refractivity contribution in [2.24, 2.45) is 0 Å². The van der Waals surface area contributed by atoms with E-state index in [0.29, 0.717) is 0 Å². The Morgan fingerprint density at radius 1 is 0.840 bits per heavy atom. The van der Waals surface area contributed by atoms with Gasteiger partial charge in [-0.25, -0.2) is 0 Å². The summed E-state index contributed by atoms with van der Waals surface area (Å²) in [7, 11) is 1.69. The van der Waals surface area contributed by atoms with Gasteiger partial charge in [-0.15, -0.1) is 0 Å². The molecule has 4 aromatic rings. The predicted octanol–water partition coefficient (Wildman–Crippen LogP) is 6.06. The fraction of sp³-hybridized carbons (Fsp3) is 0.0455. The summed E-state index contributed by atoms with van der Waals surface area (Å²) in [5, 5.41) is 2.26. The first-order chi connectivity index (χ1) is 12.3. The van der Waals surface area contributed by atoms with Crippen LogP contribution in [0.25, 0.3) is 22.0 Å². The lowest BCUT2D eigenvalue weighted by Gasteiger charge is -2.13. The molecule has 0 atom stereocenters. The van der Waals surface area contributed by atoms with Gasteiger partial charge in [0.1, 0.15) is 5.75 Å². The summed E-state index contributed by atoms with van der Waals surface area (Å²) in [5.41, 5.74) is 2.13. The van der Waals surface area contributed by atoms with Crippen LogP contribution in [0.4, 0.5) is 0 Å². The fourth-order valence-electron chi connectivity index (χ4n) is 2.81. The summed E-state index contributed by atoms with van der Waals surface area (Å²) in [4.78, 5) is 7.14. The van der Waals surface area contributed by atoms with Crippen LogP contribution in [-0.2, 0) is 0 Å². The minimum Gasteiger partial charge on any atom is -0.497 e. The van der Waals surface area contributed by atoms with Crippen LogP contribution < -0.4 is 4.74 Å². The summed E-state index contributed by atoms with van der Waals surface area (Å²) in [5.74, 6) is 0.845. The average molecular weight is 343 g/mol. The number of methoxy groups -OCH3 is 1. The van der Waals surface area contributed by atoms with Gasteiger partial charge in [0.05, 0.1) is 12.8 Å². The van der Waals surface area contributed by atoms with Crippen molar-refractivity contribution < 1.29 is 4.74 Å². The highest BCUT2D eigenvalue weighted by molar-refractivity contribution is 7.99. The van der Waals surface area contributed by atoms with Gasteiger partial charge in [-0.1, -0.05) is 60.3 Å². The molecule has 1 heterocycles. The number of hydrogen-bond acceptors (Lipinski definition) is 3. The SMILES string of the molecule is COc1ccc2c(Sc3ccccc3)c(-c3ccccc3)ncc2c1. The summed E-state index contributed by atoms with van der Waals surface area (Å²) < 4.78 is 5.36. The first-order valence-corrected chi connectivity index (χ1v) is 8.92. The number of hydrogen-bond donors (Lipinski definition) is 0. The smallest absolute Gasteiger partial charge is 0.119 e. The van der Waals surface area contributed by atoms with E-state index in [0.717, 1.165) is 27.3 Å². The Bertz CT molecular complexity index is 1000. The Hall–Kier alpha value is -2.78. The second-order valence-electron chi connectivity index (χ2n) is 5.67. The molecule has 0 N–H and O–H groups in total. The molecular weight excluding hydrogens is 326 g/mol. The molecule has 0 saturated heterocycles. The fourth-order valence-corrected chi connectivity index (χ4v) is 3.91. The molecule has 122 valence electrons. The van der Waals surface area contributed by atoms with Crippen LogP contribution in [0.2, 0.25) is 0 Å². The van der Waals surface area contributed by atoms with E-state index in [1.165, 1.54) is 10.3 Å². The first kappa shape index (κ1) is 15.7. The van der Waals surface area contributed by atoms with Gasteiger partial charge in [0.25, 0.3) is 0 Å². The van der Waals surface area contributed by atoms with Crippen LogP contribution in [0.1, 0.15) is 0 Å². The molecule has 3 aromatic carbocycles. The third-order valence-electron chi connectivity index (χ3n) is 4.06. The Kier molecular flexibility index (Phi) is 4.40. The maximum Gasteiger partial charge on any atom is 0.119 e. The maximum absolute atomic E-state index is 5.36. The van der Waals surface area contributed by atoms with Crippen molar-refractivity contribution in [2.45, 2.75) is 9.79 Å². The van der Waals surface area contributed by atoms with Gasteiger partial charge in [-0.05, 0) is 35.7 Å². The van der Waals surface area contributed by atoms with Crippen LogP contribution in [0.5, 0.6) is 5.75 Å². The number of rotatable bonds is 4. The standard InChI is InChI=1S/C22H17NOS/c1-24-18-12-13-20-17(14-18)15-23-21(16-8-4-2-5-9-16)22(20)25-19-10-6-3-7-11-19/h2-15H,1H3. The summed E-state index contributed by atoms with van der Waals surface area (Å²) >= 11 is 1.75. The molecule has 1 aromatic heterocycles. The largest absolute Gasteiger partial charge is 0.497 e. The number of aromatic nitrogens is 1. The molecular formula is C22H17NOS. The van der Waals surface area contributed by atoms with Crippen LogP contribution >= 0.6 is 11.8 Å². The average Bonchev–Trinajstić information content (AvgIpc) is 2.69. The van der Waals surface area contributed by atoms with Gasteiger partial charge < -0.3 is 4.74 Å². The van der Waals surface area contributed by atoms with E-state index in [9.17, 15) is 0 Å². The molecule has 0 amide bonds. The molecule has 4 rings (SSSR count). The number of fused-ring (bicyclic) bond motifs is 1. The van der Waals surface area contributed by atoms with Crippen molar-refractivity contribution in [3.63, 3.8) is 0 Å². The Balaban J connectivity index is 1.93. The summed E-state index contributed by atoms with van der Waals surface area (Å²) in [6.07, 6.45) is 1.93. The maximum atomic E-state index is 5.36. The van der Waals surface area contributed by atoms with Crippen LogP contribution in [0.3, 0.4) is 0 Å². The van der Waals surface area contributed by atoms with Gasteiger partial charge in [-0.2, -0.15) is 0 Å². The van der Waals surface area contributed by atoms with E-state index in [1.54, 1.807) is 18.9 Å². The zero-order valence-corrected chi connectivity index (χ0v) is 14.7. The van der Waals surface area contributed by atoms with Crippen LogP contribution in [-0.4, -0.2) is 12.1 Å². The normalized spacial score (nSPS) is 10.8. The first-order valence-electron chi connectivity index (χ1n) is 8.10. The molecule has 0 unspecified atom stereocenters. The minimum absolute atomic E-state index is 0.845. The quantitative estimate of drug-likeness (QED) is 0.449.